The number of hydrogen-bond acceptors (Lipinski definition) is 4. The van der Waals surface area contributed by atoms with Gasteiger partial charge in [0.15, 0.2) is 0 Å². The number of nitrogens with zero attached hydrogens (tertiary/aromatic N) is 1. The van der Waals surface area contributed by atoms with Crippen molar-refractivity contribution in [3.05, 3.63) is 16.6 Å². The Labute approximate surface area is 99.0 Å². The van der Waals surface area contributed by atoms with Crippen LogP contribution in [0.25, 0.3) is 0 Å². The first-order valence-corrected chi connectivity index (χ1v) is 6.35. The number of nitrogens with one attached hydrogen (secondary N) is 1. The molecular weight excluding hydrogens is 224 g/mol. The molecule has 1 N–H and O–H groups in total. The standard InChI is InChI=1S/C11H16N2O2S/c1-15-7-11(3-2-4-11)10(14)12-5-9-6-16-8-13-9/h6,8H,2-5,7H2,1H3,(H,12,14). The third kappa shape index (κ3) is 2.25. The van der Waals surface area contributed by atoms with E-state index in [4.69, 9.17) is 4.74 Å². The van der Waals surface area contributed by atoms with Crippen molar-refractivity contribution < 1.29 is 9.53 Å². The summed E-state index contributed by atoms with van der Waals surface area (Å²) in [7, 11) is 1.65. The summed E-state index contributed by atoms with van der Waals surface area (Å²) < 4.78 is 5.13. The Hall–Kier alpha value is -0.940. The second kappa shape index (κ2) is 4.93. The number of thiazole rings is 1. The summed E-state index contributed by atoms with van der Waals surface area (Å²) >= 11 is 1.54. The summed E-state index contributed by atoms with van der Waals surface area (Å²) in [6, 6.07) is 0. The second-order valence-electron chi connectivity index (χ2n) is 4.23. The molecule has 0 radical (unpaired) electrons. The molecule has 0 saturated heterocycles. The Kier molecular flexibility index (Phi) is 3.56. The molecule has 0 spiro atoms. The van der Waals surface area contributed by atoms with E-state index < -0.39 is 0 Å². The van der Waals surface area contributed by atoms with Crippen LogP contribution < -0.4 is 5.32 Å². The highest BCUT2D eigenvalue weighted by atomic mass is 32.1. The second-order valence-corrected chi connectivity index (χ2v) is 4.95. The van der Waals surface area contributed by atoms with Crippen LogP contribution in [-0.2, 0) is 16.1 Å². The number of amides is 1. The Morgan fingerprint density at radius 1 is 1.69 bits per heavy atom. The zero-order chi connectivity index (χ0) is 11.4. The molecular formula is C11H16N2O2S. The van der Waals surface area contributed by atoms with E-state index in [1.165, 1.54) is 0 Å². The molecule has 0 bridgehead atoms. The van der Waals surface area contributed by atoms with Gasteiger partial charge in [-0.05, 0) is 12.8 Å². The fraction of sp³-hybridized carbons (Fsp3) is 0.636. The van der Waals surface area contributed by atoms with Crippen molar-refractivity contribution >= 4 is 17.2 Å². The van der Waals surface area contributed by atoms with E-state index in [0.717, 1.165) is 25.0 Å². The molecule has 1 aromatic rings. The van der Waals surface area contributed by atoms with E-state index in [0.29, 0.717) is 13.2 Å². The van der Waals surface area contributed by atoms with Crippen molar-refractivity contribution in [1.29, 1.82) is 0 Å². The minimum atomic E-state index is -0.273. The number of ether oxygens (including phenoxy) is 1. The number of hydrogen-bond donors (Lipinski definition) is 1. The van der Waals surface area contributed by atoms with Gasteiger partial charge in [0.25, 0.3) is 0 Å². The van der Waals surface area contributed by atoms with Gasteiger partial charge in [0, 0.05) is 12.5 Å². The fourth-order valence-electron chi connectivity index (χ4n) is 2.00. The molecule has 0 aromatic carbocycles. The zero-order valence-corrected chi connectivity index (χ0v) is 10.2. The Morgan fingerprint density at radius 2 is 2.50 bits per heavy atom. The molecule has 1 fully saturated rings. The van der Waals surface area contributed by atoms with E-state index >= 15 is 0 Å². The molecule has 0 atom stereocenters. The summed E-state index contributed by atoms with van der Waals surface area (Å²) in [5, 5.41) is 4.89. The molecule has 4 nitrogen and oxygen atoms in total. The first kappa shape index (κ1) is 11.5. The maximum atomic E-state index is 12.0. The maximum Gasteiger partial charge on any atom is 0.228 e. The number of rotatable bonds is 5. The zero-order valence-electron chi connectivity index (χ0n) is 9.36. The lowest BCUT2D eigenvalue weighted by Gasteiger charge is -2.39. The van der Waals surface area contributed by atoms with Gasteiger partial charge in [-0.15, -0.1) is 11.3 Å². The predicted octanol–water partition coefficient (Wildman–Crippen LogP) is 1.58. The lowest BCUT2D eigenvalue weighted by molar-refractivity contribution is -0.140. The van der Waals surface area contributed by atoms with E-state index in [2.05, 4.69) is 10.3 Å². The van der Waals surface area contributed by atoms with Crippen LogP contribution in [0.4, 0.5) is 0 Å². The smallest absolute Gasteiger partial charge is 0.228 e. The highest BCUT2D eigenvalue weighted by Crippen LogP contribution is 2.41. The molecule has 5 heteroatoms. The molecule has 0 aliphatic heterocycles. The van der Waals surface area contributed by atoms with E-state index in [1.807, 2.05) is 5.38 Å². The van der Waals surface area contributed by atoms with Crippen LogP contribution in [0.1, 0.15) is 25.0 Å². The average Bonchev–Trinajstić information content (AvgIpc) is 2.72. The van der Waals surface area contributed by atoms with Crippen LogP contribution in [0, 0.1) is 5.41 Å². The van der Waals surface area contributed by atoms with Gasteiger partial charge in [0.2, 0.25) is 5.91 Å². The highest BCUT2D eigenvalue weighted by molar-refractivity contribution is 7.07. The lowest BCUT2D eigenvalue weighted by atomic mass is 9.68. The minimum Gasteiger partial charge on any atom is -0.384 e. The molecule has 1 aliphatic rings. The van der Waals surface area contributed by atoms with Crippen LogP contribution >= 0.6 is 11.3 Å². The van der Waals surface area contributed by atoms with E-state index in [-0.39, 0.29) is 11.3 Å². The van der Waals surface area contributed by atoms with Crippen molar-refractivity contribution in [3.8, 4) is 0 Å². The van der Waals surface area contributed by atoms with E-state index in [9.17, 15) is 4.79 Å². The molecule has 1 aromatic heterocycles. The van der Waals surface area contributed by atoms with Gasteiger partial charge in [-0.1, -0.05) is 6.42 Å². The summed E-state index contributed by atoms with van der Waals surface area (Å²) in [4.78, 5) is 16.1. The highest BCUT2D eigenvalue weighted by Gasteiger charge is 2.43. The molecule has 0 unspecified atom stereocenters. The molecule has 1 amide bonds. The molecule has 1 aliphatic carbocycles. The van der Waals surface area contributed by atoms with Crippen molar-refractivity contribution in [3.63, 3.8) is 0 Å². The molecule has 1 heterocycles. The van der Waals surface area contributed by atoms with Gasteiger partial charge in [-0.3, -0.25) is 4.79 Å². The van der Waals surface area contributed by atoms with Crippen LogP contribution in [0.3, 0.4) is 0 Å². The normalized spacial score (nSPS) is 17.8. The van der Waals surface area contributed by atoms with Crippen LogP contribution in [0.2, 0.25) is 0 Å². The largest absolute Gasteiger partial charge is 0.384 e. The number of methoxy groups -OCH3 is 1. The number of carbonyl (C=O) groups is 1. The Morgan fingerprint density at radius 3 is 3.00 bits per heavy atom. The molecule has 88 valence electrons. The number of aromatic nitrogens is 1. The van der Waals surface area contributed by atoms with Crippen molar-refractivity contribution in [2.75, 3.05) is 13.7 Å². The minimum absolute atomic E-state index is 0.105. The molecule has 16 heavy (non-hydrogen) atoms. The summed E-state index contributed by atoms with van der Waals surface area (Å²) in [6.07, 6.45) is 2.99. The Balaban J connectivity index is 1.87. The van der Waals surface area contributed by atoms with Crippen LogP contribution in [0.15, 0.2) is 10.9 Å². The van der Waals surface area contributed by atoms with Gasteiger partial charge < -0.3 is 10.1 Å². The summed E-state index contributed by atoms with van der Waals surface area (Å²) in [5.74, 6) is 0.105. The third-order valence-corrected chi connectivity index (χ3v) is 3.76. The quantitative estimate of drug-likeness (QED) is 0.850. The van der Waals surface area contributed by atoms with Gasteiger partial charge in [-0.25, -0.2) is 4.98 Å². The van der Waals surface area contributed by atoms with Gasteiger partial charge >= 0.3 is 0 Å². The number of carbonyl (C=O) groups excluding carboxylic acids is 1. The SMILES string of the molecule is COCC1(C(=O)NCc2cscn2)CCC1. The van der Waals surface area contributed by atoms with Gasteiger partial charge in [-0.2, -0.15) is 0 Å². The summed E-state index contributed by atoms with van der Waals surface area (Å²) in [6.45, 7) is 1.05. The summed E-state index contributed by atoms with van der Waals surface area (Å²) in [5.41, 5.74) is 2.42. The van der Waals surface area contributed by atoms with Crippen LogP contribution in [-0.4, -0.2) is 24.6 Å². The lowest BCUT2D eigenvalue weighted by Crippen LogP contribution is -2.48. The van der Waals surface area contributed by atoms with Crippen molar-refractivity contribution in [2.45, 2.75) is 25.8 Å². The monoisotopic (exact) mass is 240 g/mol. The average molecular weight is 240 g/mol. The first-order chi connectivity index (χ1) is 7.77. The molecule has 1 saturated carbocycles. The maximum absolute atomic E-state index is 12.0. The Bertz CT molecular complexity index is 347. The predicted molar refractivity (Wildman–Crippen MR) is 62.1 cm³/mol. The van der Waals surface area contributed by atoms with Gasteiger partial charge in [0.1, 0.15) is 0 Å². The third-order valence-electron chi connectivity index (χ3n) is 3.13. The first-order valence-electron chi connectivity index (χ1n) is 5.41. The van der Waals surface area contributed by atoms with Crippen molar-refractivity contribution in [2.24, 2.45) is 5.41 Å². The topological polar surface area (TPSA) is 51.2 Å². The fourth-order valence-corrected chi connectivity index (χ4v) is 2.56. The van der Waals surface area contributed by atoms with Crippen molar-refractivity contribution in [1.82, 2.24) is 10.3 Å². The molecule has 2 rings (SSSR count). The van der Waals surface area contributed by atoms with Crippen LogP contribution in [0.5, 0.6) is 0 Å². The van der Waals surface area contributed by atoms with E-state index in [1.54, 1.807) is 24.0 Å². The van der Waals surface area contributed by atoms with Gasteiger partial charge in [0.05, 0.1) is 29.8 Å².